The molecule has 92 valence electrons. The van der Waals surface area contributed by atoms with Crippen molar-refractivity contribution in [1.29, 1.82) is 0 Å². The second-order valence-corrected chi connectivity index (χ2v) is 5.65. The smallest absolute Gasteiger partial charge is 0.124 e. The van der Waals surface area contributed by atoms with Gasteiger partial charge in [-0.1, -0.05) is 24.6 Å². The van der Waals surface area contributed by atoms with Crippen molar-refractivity contribution in [2.24, 2.45) is 11.7 Å². The standard InChI is InChI=1S/C15H21NO/c1-3-15(11-5-6-11)9-13(16)12-8-10(2)4-7-14(12)17-15/h4,7-8,11,13H,3,5-6,9,16H2,1-2H3/t13-,15?/m1/s1. The van der Waals surface area contributed by atoms with Crippen molar-refractivity contribution in [2.75, 3.05) is 0 Å². The Morgan fingerprint density at radius 2 is 2.18 bits per heavy atom. The van der Waals surface area contributed by atoms with Gasteiger partial charge in [0.2, 0.25) is 0 Å². The highest BCUT2D eigenvalue weighted by Crippen LogP contribution is 2.51. The average molecular weight is 231 g/mol. The molecule has 2 nitrogen and oxygen atoms in total. The lowest BCUT2D eigenvalue weighted by Crippen LogP contribution is -2.44. The van der Waals surface area contributed by atoms with Gasteiger partial charge in [0, 0.05) is 18.0 Å². The van der Waals surface area contributed by atoms with Crippen molar-refractivity contribution in [3.63, 3.8) is 0 Å². The van der Waals surface area contributed by atoms with Crippen molar-refractivity contribution < 1.29 is 4.74 Å². The average Bonchev–Trinajstić information content (AvgIpc) is 3.14. The molecule has 0 spiro atoms. The summed E-state index contributed by atoms with van der Waals surface area (Å²) in [5.74, 6) is 1.75. The molecule has 0 aromatic heterocycles. The quantitative estimate of drug-likeness (QED) is 0.847. The van der Waals surface area contributed by atoms with Gasteiger partial charge in [0.25, 0.3) is 0 Å². The summed E-state index contributed by atoms with van der Waals surface area (Å²) in [5, 5.41) is 0. The SMILES string of the molecule is CCC1(C2CC2)C[C@@H](N)c2cc(C)ccc2O1. The number of hydrogen-bond donors (Lipinski definition) is 1. The number of fused-ring (bicyclic) bond motifs is 1. The van der Waals surface area contributed by atoms with Crippen molar-refractivity contribution in [1.82, 2.24) is 0 Å². The molecule has 2 N–H and O–H groups in total. The predicted molar refractivity (Wildman–Crippen MR) is 69.1 cm³/mol. The van der Waals surface area contributed by atoms with Crippen LogP contribution in [0.5, 0.6) is 5.75 Å². The second-order valence-electron chi connectivity index (χ2n) is 5.65. The molecule has 1 aromatic rings. The van der Waals surface area contributed by atoms with Crippen LogP contribution >= 0.6 is 0 Å². The van der Waals surface area contributed by atoms with Crippen molar-refractivity contribution in [2.45, 2.75) is 51.2 Å². The maximum atomic E-state index is 6.35. The van der Waals surface area contributed by atoms with Crippen LogP contribution in [0.3, 0.4) is 0 Å². The number of hydrogen-bond acceptors (Lipinski definition) is 2. The minimum absolute atomic E-state index is 0.0156. The van der Waals surface area contributed by atoms with Crippen molar-refractivity contribution in [3.8, 4) is 5.75 Å². The molecule has 2 heteroatoms. The zero-order valence-corrected chi connectivity index (χ0v) is 10.7. The van der Waals surface area contributed by atoms with Crippen LogP contribution in [0.2, 0.25) is 0 Å². The van der Waals surface area contributed by atoms with Crippen LogP contribution in [0.4, 0.5) is 0 Å². The van der Waals surface area contributed by atoms with E-state index in [1.165, 1.54) is 24.0 Å². The summed E-state index contributed by atoms with van der Waals surface area (Å²) < 4.78 is 6.34. The summed E-state index contributed by atoms with van der Waals surface area (Å²) in [7, 11) is 0. The molecule has 0 amide bonds. The molecule has 1 unspecified atom stereocenters. The van der Waals surface area contributed by atoms with Gasteiger partial charge in [0.05, 0.1) is 0 Å². The van der Waals surface area contributed by atoms with Crippen molar-refractivity contribution >= 4 is 0 Å². The topological polar surface area (TPSA) is 35.2 Å². The van der Waals surface area contributed by atoms with Crippen LogP contribution in [0, 0.1) is 12.8 Å². The van der Waals surface area contributed by atoms with E-state index < -0.39 is 0 Å². The third kappa shape index (κ3) is 1.75. The molecule has 1 aliphatic heterocycles. The third-order valence-electron chi connectivity index (χ3n) is 4.36. The first-order chi connectivity index (χ1) is 8.14. The Morgan fingerprint density at radius 3 is 2.82 bits per heavy atom. The minimum Gasteiger partial charge on any atom is -0.487 e. The van der Waals surface area contributed by atoms with E-state index in [2.05, 4.69) is 32.0 Å². The number of nitrogens with two attached hydrogens (primary N) is 1. The monoisotopic (exact) mass is 231 g/mol. The van der Waals surface area contributed by atoms with Gasteiger partial charge in [0.1, 0.15) is 11.4 Å². The van der Waals surface area contributed by atoms with Crippen LogP contribution < -0.4 is 10.5 Å². The molecule has 1 fully saturated rings. The fourth-order valence-corrected chi connectivity index (χ4v) is 3.16. The van der Waals surface area contributed by atoms with E-state index in [-0.39, 0.29) is 11.6 Å². The summed E-state index contributed by atoms with van der Waals surface area (Å²) in [6.07, 6.45) is 4.66. The highest BCUT2D eigenvalue weighted by molar-refractivity contribution is 5.41. The fourth-order valence-electron chi connectivity index (χ4n) is 3.16. The maximum absolute atomic E-state index is 6.35. The largest absolute Gasteiger partial charge is 0.487 e. The molecule has 1 heterocycles. The molecule has 3 rings (SSSR count). The zero-order chi connectivity index (χ0) is 12.0. The minimum atomic E-state index is 0.0156. The Balaban J connectivity index is 1.99. The first-order valence-electron chi connectivity index (χ1n) is 6.70. The number of benzene rings is 1. The normalized spacial score (nSPS) is 31.8. The van der Waals surface area contributed by atoms with Crippen LogP contribution in [0.15, 0.2) is 18.2 Å². The van der Waals surface area contributed by atoms with Gasteiger partial charge in [-0.25, -0.2) is 0 Å². The van der Waals surface area contributed by atoms with Gasteiger partial charge in [-0.05, 0) is 38.2 Å². The lowest BCUT2D eigenvalue weighted by Gasteiger charge is -2.41. The van der Waals surface area contributed by atoms with Crippen LogP contribution in [0.25, 0.3) is 0 Å². The van der Waals surface area contributed by atoms with Gasteiger partial charge in [-0.2, -0.15) is 0 Å². The lowest BCUT2D eigenvalue weighted by atomic mass is 9.82. The Bertz CT molecular complexity index is 439. The zero-order valence-electron chi connectivity index (χ0n) is 10.7. The molecule has 1 aliphatic carbocycles. The highest BCUT2D eigenvalue weighted by atomic mass is 16.5. The molecule has 2 atom stereocenters. The first kappa shape index (κ1) is 11.1. The van der Waals surface area contributed by atoms with Gasteiger partial charge < -0.3 is 10.5 Å². The molecule has 1 saturated carbocycles. The Kier molecular flexibility index (Phi) is 2.44. The lowest BCUT2D eigenvalue weighted by molar-refractivity contribution is 0.0107. The van der Waals surface area contributed by atoms with E-state index in [0.717, 1.165) is 24.5 Å². The number of rotatable bonds is 2. The summed E-state index contributed by atoms with van der Waals surface area (Å²) in [6.45, 7) is 4.33. The Hall–Kier alpha value is -1.02. The Labute approximate surface area is 103 Å². The summed E-state index contributed by atoms with van der Waals surface area (Å²) in [4.78, 5) is 0. The van der Waals surface area contributed by atoms with E-state index >= 15 is 0 Å². The van der Waals surface area contributed by atoms with Crippen LogP contribution in [-0.4, -0.2) is 5.60 Å². The summed E-state index contributed by atoms with van der Waals surface area (Å²) in [5.41, 5.74) is 8.82. The molecular weight excluding hydrogens is 210 g/mol. The van der Waals surface area contributed by atoms with Gasteiger partial charge >= 0.3 is 0 Å². The van der Waals surface area contributed by atoms with Gasteiger partial charge in [0.15, 0.2) is 0 Å². The van der Waals surface area contributed by atoms with Gasteiger partial charge in [-0.15, -0.1) is 0 Å². The second kappa shape index (κ2) is 3.74. The van der Waals surface area contributed by atoms with E-state index in [4.69, 9.17) is 10.5 Å². The van der Waals surface area contributed by atoms with Crippen LogP contribution in [-0.2, 0) is 0 Å². The van der Waals surface area contributed by atoms with Gasteiger partial charge in [-0.3, -0.25) is 0 Å². The van der Waals surface area contributed by atoms with Crippen molar-refractivity contribution in [3.05, 3.63) is 29.3 Å². The molecule has 0 bridgehead atoms. The molecule has 0 radical (unpaired) electrons. The Morgan fingerprint density at radius 1 is 1.41 bits per heavy atom. The third-order valence-corrected chi connectivity index (χ3v) is 4.36. The predicted octanol–water partition coefficient (Wildman–Crippen LogP) is 3.34. The van der Waals surface area contributed by atoms with E-state index in [1.807, 2.05) is 0 Å². The maximum Gasteiger partial charge on any atom is 0.124 e. The summed E-state index contributed by atoms with van der Waals surface area (Å²) in [6, 6.07) is 6.52. The van der Waals surface area contributed by atoms with E-state index in [9.17, 15) is 0 Å². The van der Waals surface area contributed by atoms with E-state index in [1.54, 1.807) is 0 Å². The molecule has 0 saturated heterocycles. The summed E-state index contributed by atoms with van der Waals surface area (Å²) >= 11 is 0. The van der Waals surface area contributed by atoms with Crippen LogP contribution in [0.1, 0.15) is 49.8 Å². The first-order valence-corrected chi connectivity index (χ1v) is 6.70. The highest BCUT2D eigenvalue weighted by Gasteiger charge is 2.49. The molecule has 1 aromatic carbocycles. The molecule has 17 heavy (non-hydrogen) atoms. The number of ether oxygens (including phenoxy) is 1. The van der Waals surface area contributed by atoms with E-state index in [0.29, 0.717) is 0 Å². The number of aryl methyl sites for hydroxylation is 1. The fraction of sp³-hybridized carbons (Fsp3) is 0.600. The molecular formula is C15H21NO. The molecule has 2 aliphatic rings.